The molecule has 0 atom stereocenters. The second kappa shape index (κ2) is 6.20. The molecule has 3 aromatic rings. The number of amides is 1. The molecule has 1 aliphatic heterocycles. The van der Waals surface area contributed by atoms with E-state index < -0.39 is 0 Å². The number of hydrogen-bond donors (Lipinski definition) is 1. The third-order valence-electron chi connectivity index (χ3n) is 4.23. The van der Waals surface area contributed by atoms with E-state index in [1.54, 1.807) is 18.3 Å². The number of benzene rings is 1. The number of nitrogens with zero attached hydrogens (tertiary/aromatic N) is 2. The normalized spacial score (nSPS) is 13.4. The molecular weight excluding hydrogens is 302 g/mol. The number of carbonyl (C=O) groups is 1. The van der Waals surface area contributed by atoms with Crippen molar-refractivity contribution in [3.8, 4) is 0 Å². The molecule has 0 saturated heterocycles. The van der Waals surface area contributed by atoms with Crippen LogP contribution in [0.25, 0.3) is 0 Å². The smallest absolute Gasteiger partial charge is 0.292 e. The van der Waals surface area contributed by atoms with Crippen molar-refractivity contribution >= 4 is 17.4 Å². The van der Waals surface area contributed by atoms with Gasteiger partial charge in [0.1, 0.15) is 5.82 Å². The van der Waals surface area contributed by atoms with Gasteiger partial charge in [-0.1, -0.05) is 24.3 Å². The molecule has 0 radical (unpaired) electrons. The van der Waals surface area contributed by atoms with Crippen molar-refractivity contribution in [1.82, 2.24) is 4.98 Å². The average molecular weight is 319 g/mol. The molecule has 0 bridgehead atoms. The first-order chi connectivity index (χ1) is 11.8. The first kappa shape index (κ1) is 14.5. The molecule has 24 heavy (non-hydrogen) atoms. The highest BCUT2D eigenvalue weighted by atomic mass is 16.3. The zero-order valence-corrected chi connectivity index (χ0v) is 13.1. The second-order valence-electron chi connectivity index (χ2n) is 5.77. The van der Waals surface area contributed by atoms with E-state index >= 15 is 0 Å². The summed E-state index contributed by atoms with van der Waals surface area (Å²) in [5.74, 6) is 0.484. The second-order valence-corrected chi connectivity index (χ2v) is 5.77. The Morgan fingerprint density at radius 3 is 2.71 bits per heavy atom. The minimum atomic E-state index is -0.299. The van der Waals surface area contributed by atoms with Crippen molar-refractivity contribution in [2.24, 2.45) is 0 Å². The van der Waals surface area contributed by atoms with Crippen LogP contribution in [0.1, 0.15) is 21.7 Å². The SMILES string of the molecule is O=C(Nc1ccc(N2CCc3ccccc3C2)cn1)c1ccco1. The molecule has 1 aliphatic rings. The van der Waals surface area contributed by atoms with Gasteiger partial charge < -0.3 is 14.6 Å². The Morgan fingerprint density at radius 2 is 1.96 bits per heavy atom. The van der Waals surface area contributed by atoms with Gasteiger partial charge in [0.2, 0.25) is 0 Å². The Morgan fingerprint density at radius 1 is 1.08 bits per heavy atom. The summed E-state index contributed by atoms with van der Waals surface area (Å²) in [5.41, 5.74) is 3.84. The average Bonchev–Trinajstić information content (AvgIpc) is 3.17. The van der Waals surface area contributed by atoms with Crippen LogP contribution in [-0.2, 0) is 13.0 Å². The van der Waals surface area contributed by atoms with Crippen LogP contribution in [-0.4, -0.2) is 17.4 Å². The largest absolute Gasteiger partial charge is 0.459 e. The predicted molar refractivity (Wildman–Crippen MR) is 92.1 cm³/mol. The van der Waals surface area contributed by atoms with Crippen LogP contribution >= 0.6 is 0 Å². The predicted octanol–water partition coefficient (Wildman–Crippen LogP) is 3.49. The minimum absolute atomic E-state index is 0.272. The summed E-state index contributed by atoms with van der Waals surface area (Å²) >= 11 is 0. The number of hydrogen-bond acceptors (Lipinski definition) is 4. The van der Waals surface area contributed by atoms with Gasteiger partial charge in [-0.05, 0) is 41.8 Å². The fraction of sp³-hybridized carbons (Fsp3) is 0.158. The van der Waals surface area contributed by atoms with Crippen LogP contribution in [0.15, 0.2) is 65.4 Å². The van der Waals surface area contributed by atoms with Gasteiger partial charge in [-0.2, -0.15) is 0 Å². The highest BCUT2D eigenvalue weighted by Gasteiger charge is 2.16. The quantitative estimate of drug-likeness (QED) is 0.803. The summed E-state index contributed by atoms with van der Waals surface area (Å²) in [4.78, 5) is 18.6. The maximum Gasteiger partial charge on any atom is 0.292 e. The van der Waals surface area contributed by atoms with Crippen LogP contribution in [0.2, 0.25) is 0 Å². The summed E-state index contributed by atoms with van der Waals surface area (Å²) in [7, 11) is 0. The lowest BCUT2D eigenvalue weighted by Crippen LogP contribution is -2.30. The number of carbonyl (C=O) groups excluding carboxylic acids is 1. The van der Waals surface area contributed by atoms with Crippen LogP contribution in [0.5, 0.6) is 0 Å². The molecule has 5 nitrogen and oxygen atoms in total. The van der Waals surface area contributed by atoms with E-state index in [2.05, 4.69) is 39.5 Å². The van der Waals surface area contributed by atoms with Gasteiger partial charge in [0.25, 0.3) is 5.91 Å². The van der Waals surface area contributed by atoms with Crippen molar-refractivity contribution in [3.05, 3.63) is 77.9 Å². The van der Waals surface area contributed by atoms with Crippen molar-refractivity contribution in [1.29, 1.82) is 0 Å². The topological polar surface area (TPSA) is 58.4 Å². The first-order valence-corrected chi connectivity index (χ1v) is 7.92. The van der Waals surface area contributed by atoms with Crippen LogP contribution in [0.3, 0.4) is 0 Å². The monoisotopic (exact) mass is 319 g/mol. The Labute approximate surface area is 139 Å². The maximum atomic E-state index is 11.9. The lowest BCUT2D eigenvalue weighted by Gasteiger charge is -2.30. The van der Waals surface area contributed by atoms with Crippen molar-refractivity contribution < 1.29 is 9.21 Å². The van der Waals surface area contributed by atoms with E-state index in [0.29, 0.717) is 5.82 Å². The van der Waals surface area contributed by atoms with Gasteiger partial charge in [-0.15, -0.1) is 0 Å². The summed E-state index contributed by atoms with van der Waals surface area (Å²) in [6.07, 6.45) is 4.30. The highest BCUT2D eigenvalue weighted by molar-refractivity contribution is 6.01. The summed E-state index contributed by atoms with van der Waals surface area (Å²) in [6.45, 7) is 1.85. The fourth-order valence-corrected chi connectivity index (χ4v) is 2.95. The molecule has 0 unspecified atom stereocenters. The lowest BCUT2D eigenvalue weighted by molar-refractivity contribution is 0.0996. The van der Waals surface area contributed by atoms with E-state index in [1.165, 1.54) is 17.4 Å². The summed E-state index contributed by atoms with van der Waals surface area (Å²) in [5, 5.41) is 2.73. The Bertz CT molecular complexity index is 841. The van der Waals surface area contributed by atoms with E-state index in [-0.39, 0.29) is 11.7 Å². The zero-order chi connectivity index (χ0) is 16.4. The number of rotatable bonds is 3. The highest BCUT2D eigenvalue weighted by Crippen LogP contribution is 2.24. The molecule has 0 aliphatic carbocycles. The number of aromatic nitrogens is 1. The van der Waals surface area contributed by atoms with E-state index in [1.807, 2.05) is 12.1 Å². The van der Waals surface area contributed by atoms with Crippen molar-refractivity contribution in [2.75, 3.05) is 16.8 Å². The molecule has 120 valence electrons. The van der Waals surface area contributed by atoms with Crippen LogP contribution < -0.4 is 10.2 Å². The van der Waals surface area contributed by atoms with E-state index in [4.69, 9.17) is 4.42 Å². The molecule has 3 heterocycles. The molecule has 5 heteroatoms. The molecule has 1 N–H and O–H groups in total. The van der Waals surface area contributed by atoms with Crippen LogP contribution in [0, 0.1) is 0 Å². The number of anilines is 2. The molecule has 4 rings (SSSR count). The Balaban J connectivity index is 1.46. The van der Waals surface area contributed by atoms with Crippen molar-refractivity contribution in [3.63, 3.8) is 0 Å². The molecule has 1 aromatic carbocycles. The van der Waals surface area contributed by atoms with Gasteiger partial charge in [0, 0.05) is 13.1 Å². The van der Waals surface area contributed by atoms with Crippen LogP contribution in [0.4, 0.5) is 11.5 Å². The van der Waals surface area contributed by atoms with E-state index in [0.717, 1.165) is 25.2 Å². The molecular formula is C19H17N3O2. The number of furan rings is 1. The molecule has 0 spiro atoms. The zero-order valence-electron chi connectivity index (χ0n) is 13.1. The van der Waals surface area contributed by atoms with Gasteiger partial charge in [-0.25, -0.2) is 4.98 Å². The number of nitrogens with one attached hydrogen (secondary N) is 1. The number of pyridine rings is 1. The van der Waals surface area contributed by atoms with Gasteiger partial charge in [0.15, 0.2) is 5.76 Å². The maximum absolute atomic E-state index is 11.9. The summed E-state index contributed by atoms with van der Waals surface area (Å²) in [6, 6.07) is 15.6. The minimum Gasteiger partial charge on any atom is -0.459 e. The Hall–Kier alpha value is -3.08. The van der Waals surface area contributed by atoms with Gasteiger partial charge >= 0.3 is 0 Å². The fourth-order valence-electron chi connectivity index (χ4n) is 2.95. The number of fused-ring (bicyclic) bond motifs is 1. The molecule has 0 fully saturated rings. The third-order valence-corrected chi connectivity index (χ3v) is 4.23. The Kier molecular flexibility index (Phi) is 3.75. The lowest BCUT2D eigenvalue weighted by atomic mass is 10.00. The van der Waals surface area contributed by atoms with E-state index in [9.17, 15) is 4.79 Å². The molecule has 2 aromatic heterocycles. The van der Waals surface area contributed by atoms with Gasteiger partial charge in [0.05, 0.1) is 18.1 Å². The first-order valence-electron chi connectivity index (χ1n) is 7.92. The summed E-state index contributed by atoms with van der Waals surface area (Å²) < 4.78 is 5.07. The molecule has 0 saturated carbocycles. The van der Waals surface area contributed by atoms with Crippen molar-refractivity contribution in [2.45, 2.75) is 13.0 Å². The molecule has 1 amide bonds. The third kappa shape index (κ3) is 2.88. The van der Waals surface area contributed by atoms with Gasteiger partial charge in [-0.3, -0.25) is 4.79 Å². The standard InChI is InChI=1S/C19H17N3O2/c23-19(17-6-3-11-24-17)21-18-8-7-16(12-20-18)22-10-9-14-4-1-2-5-15(14)13-22/h1-8,11-12H,9-10,13H2,(H,20,21,23).